The Hall–Kier alpha value is -4.58. The van der Waals surface area contributed by atoms with Gasteiger partial charge in [-0.15, -0.1) is 5.10 Å². The van der Waals surface area contributed by atoms with Gasteiger partial charge in [-0.25, -0.2) is 14.2 Å². The molecule has 0 amide bonds. The van der Waals surface area contributed by atoms with Crippen LogP contribution in [0, 0.1) is 5.82 Å². The molecule has 0 radical (unpaired) electrons. The molecular formula is C27H21F4N5O3. The van der Waals surface area contributed by atoms with Gasteiger partial charge < -0.3 is 4.74 Å². The summed E-state index contributed by atoms with van der Waals surface area (Å²) in [5.74, 6) is -1.24. The monoisotopic (exact) mass is 539 g/mol. The average molecular weight is 539 g/mol. The van der Waals surface area contributed by atoms with Crippen LogP contribution >= 0.6 is 0 Å². The van der Waals surface area contributed by atoms with Crippen molar-refractivity contribution in [1.82, 2.24) is 23.9 Å². The molecule has 2 aromatic carbocycles. The Bertz CT molecular complexity index is 1780. The summed E-state index contributed by atoms with van der Waals surface area (Å²) in [7, 11) is 0. The Balaban J connectivity index is 1.53. The van der Waals surface area contributed by atoms with E-state index in [4.69, 9.17) is 4.74 Å². The van der Waals surface area contributed by atoms with Gasteiger partial charge >= 0.3 is 11.9 Å². The Morgan fingerprint density at radius 3 is 2.38 bits per heavy atom. The third kappa shape index (κ3) is 4.98. The van der Waals surface area contributed by atoms with Crippen molar-refractivity contribution in [3.05, 3.63) is 117 Å². The van der Waals surface area contributed by atoms with Gasteiger partial charge in [-0.1, -0.05) is 42.5 Å². The van der Waals surface area contributed by atoms with E-state index in [1.807, 2.05) is 30.3 Å². The summed E-state index contributed by atoms with van der Waals surface area (Å²) in [6.07, 6.45) is -3.58. The van der Waals surface area contributed by atoms with Crippen LogP contribution in [0.5, 0.6) is 0 Å². The Kier molecular flexibility index (Phi) is 6.87. The third-order valence-corrected chi connectivity index (χ3v) is 6.09. The standard InChI is InChI=1S/C27H21F4N5O3/c1-2-34-23(16-39-15-17-8-4-3-5-9-17)33-36(26(34)38)24-20(28)14-18-21(32-24)12-13-35(25(18)37)22-11-7-6-10-19(22)27(29,30)31/h3-14H,2,15-16H2,1H3. The number of benzene rings is 2. The molecule has 5 aromatic rings. The summed E-state index contributed by atoms with van der Waals surface area (Å²) in [5, 5.41) is 3.95. The van der Waals surface area contributed by atoms with E-state index in [0.29, 0.717) is 0 Å². The molecule has 0 aliphatic heterocycles. The van der Waals surface area contributed by atoms with Crippen LogP contribution in [-0.4, -0.2) is 23.9 Å². The Labute approximate surface area is 218 Å². The maximum absolute atomic E-state index is 15.3. The molecule has 0 bridgehead atoms. The van der Waals surface area contributed by atoms with Crippen molar-refractivity contribution in [1.29, 1.82) is 0 Å². The Morgan fingerprint density at radius 2 is 1.67 bits per heavy atom. The van der Waals surface area contributed by atoms with Gasteiger partial charge in [-0.3, -0.25) is 13.9 Å². The number of fused-ring (bicyclic) bond motifs is 1. The summed E-state index contributed by atoms with van der Waals surface area (Å²) < 4.78 is 64.3. The maximum Gasteiger partial charge on any atom is 0.418 e. The van der Waals surface area contributed by atoms with Crippen LogP contribution in [0.2, 0.25) is 0 Å². The van der Waals surface area contributed by atoms with Crippen LogP contribution in [0.4, 0.5) is 17.6 Å². The molecule has 39 heavy (non-hydrogen) atoms. The van der Waals surface area contributed by atoms with Crippen LogP contribution < -0.4 is 11.2 Å². The van der Waals surface area contributed by atoms with Crippen molar-refractivity contribution in [2.75, 3.05) is 0 Å². The summed E-state index contributed by atoms with van der Waals surface area (Å²) in [6, 6.07) is 16.1. The summed E-state index contributed by atoms with van der Waals surface area (Å²) >= 11 is 0. The SMILES string of the molecule is CCn1c(COCc2ccccc2)nn(-c2nc3ccn(-c4ccccc4C(F)(F)F)c(=O)c3cc2F)c1=O. The van der Waals surface area contributed by atoms with Gasteiger partial charge in [0.15, 0.2) is 17.5 Å². The molecule has 0 aliphatic carbocycles. The largest absolute Gasteiger partial charge is 0.418 e. The first kappa shape index (κ1) is 26.0. The maximum atomic E-state index is 15.3. The van der Waals surface area contributed by atoms with Gasteiger partial charge in [0.2, 0.25) is 0 Å². The second-order valence-electron chi connectivity index (χ2n) is 8.57. The van der Waals surface area contributed by atoms with E-state index in [1.165, 1.54) is 22.8 Å². The number of alkyl halides is 3. The third-order valence-electron chi connectivity index (χ3n) is 6.09. The number of nitrogens with zero attached hydrogens (tertiary/aromatic N) is 5. The van der Waals surface area contributed by atoms with Gasteiger partial charge in [0.05, 0.1) is 28.8 Å². The quantitative estimate of drug-likeness (QED) is 0.282. The van der Waals surface area contributed by atoms with Crippen LogP contribution in [0.15, 0.2) is 82.5 Å². The van der Waals surface area contributed by atoms with Crippen LogP contribution in [0.3, 0.4) is 0 Å². The minimum Gasteiger partial charge on any atom is -0.369 e. The van der Waals surface area contributed by atoms with Gasteiger partial charge in [0, 0.05) is 12.7 Å². The molecule has 0 saturated carbocycles. The minimum atomic E-state index is -4.71. The first-order chi connectivity index (χ1) is 18.7. The highest BCUT2D eigenvalue weighted by Crippen LogP contribution is 2.33. The van der Waals surface area contributed by atoms with Crippen LogP contribution in [-0.2, 0) is 30.7 Å². The van der Waals surface area contributed by atoms with Gasteiger partial charge in [0.1, 0.15) is 6.61 Å². The van der Waals surface area contributed by atoms with E-state index < -0.39 is 40.3 Å². The first-order valence-electron chi connectivity index (χ1n) is 11.9. The number of aromatic nitrogens is 5. The minimum absolute atomic E-state index is 0.0167. The lowest BCUT2D eigenvalue weighted by Gasteiger charge is -2.15. The van der Waals surface area contributed by atoms with Crippen molar-refractivity contribution in [2.45, 2.75) is 32.9 Å². The highest BCUT2D eigenvalue weighted by molar-refractivity contribution is 5.79. The zero-order chi connectivity index (χ0) is 27.7. The van der Waals surface area contributed by atoms with Crippen LogP contribution in [0.1, 0.15) is 23.9 Å². The fourth-order valence-electron chi connectivity index (χ4n) is 4.23. The predicted octanol–water partition coefficient (Wildman–Crippen LogP) is 4.63. The molecule has 0 atom stereocenters. The first-order valence-corrected chi connectivity index (χ1v) is 11.9. The molecule has 12 heteroatoms. The number of para-hydroxylation sites is 1. The van der Waals surface area contributed by atoms with E-state index in [9.17, 15) is 22.8 Å². The molecule has 0 unspecified atom stereocenters. The van der Waals surface area contributed by atoms with Crippen molar-refractivity contribution in [3.63, 3.8) is 0 Å². The fraction of sp³-hybridized carbons (Fsp3) is 0.185. The number of ether oxygens (including phenoxy) is 1. The van der Waals surface area contributed by atoms with E-state index in [1.54, 1.807) is 6.92 Å². The number of hydrogen-bond donors (Lipinski definition) is 0. The van der Waals surface area contributed by atoms with Crippen molar-refractivity contribution in [2.24, 2.45) is 0 Å². The van der Waals surface area contributed by atoms with Gasteiger partial charge in [-0.05, 0) is 36.8 Å². The lowest BCUT2D eigenvalue weighted by Crippen LogP contribution is -2.26. The van der Waals surface area contributed by atoms with Crippen molar-refractivity contribution >= 4 is 10.9 Å². The van der Waals surface area contributed by atoms with Gasteiger partial charge in [0.25, 0.3) is 5.56 Å². The van der Waals surface area contributed by atoms with E-state index in [2.05, 4.69) is 10.1 Å². The van der Waals surface area contributed by atoms with Gasteiger partial charge in [-0.2, -0.15) is 17.9 Å². The lowest BCUT2D eigenvalue weighted by molar-refractivity contribution is -0.137. The predicted molar refractivity (Wildman–Crippen MR) is 134 cm³/mol. The molecule has 200 valence electrons. The van der Waals surface area contributed by atoms with E-state index in [0.717, 1.165) is 39.2 Å². The molecule has 3 heterocycles. The van der Waals surface area contributed by atoms with Crippen molar-refractivity contribution < 1.29 is 22.3 Å². The zero-order valence-corrected chi connectivity index (χ0v) is 20.5. The van der Waals surface area contributed by atoms with Crippen LogP contribution in [0.25, 0.3) is 22.4 Å². The summed E-state index contributed by atoms with van der Waals surface area (Å²) in [5.41, 5.74) is -2.07. The molecule has 0 fully saturated rings. The number of hydrogen-bond acceptors (Lipinski definition) is 5. The zero-order valence-electron chi connectivity index (χ0n) is 20.5. The molecule has 5 rings (SSSR count). The lowest BCUT2D eigenvalue weighted by atomic mass is 10.1. The molecule has 0 N–H and O–H groups in total. The normalized spacial score (nSPS) is 11.8. The highest BCUT2D eigenvalue weighted by Gasteiger charge is 2.34. The number of rotatable bonds is 7. The average Bonchev–Trinajstić information content (AvgIpc) is 3.23. The van der Waals surface area contributed by atoms with Crippen molar-refractivity contribution in [3.8, 4) is 11.5 Å². The molecular weight excluding hydrogens is 518 g/mol. The summed E-state index contributed by atoms with van der Waals surface area (Å²) in [6.45, 7) is 2.21. The Morgan fingerprint density at radius 1 is 0.949 bits per heavy atom. The highest BCUT2D eigenvalue weighted by atomic mass is 19.4. The van der Waals surface area contributed by atoms with E-state index >= 15 is 4.39 Å². The molecule has 0 saturated heterocycles. The number of pyridine rings is 2. The van der Waals surface area contributed by atoms with E-state index in [-0.39, 0.29) is 36.5 Å². The smallest absolute Gasteiger partial charge is 0.369 e. The molecule has 3 aromatic heterocycles. The topological polar surface area (TPSA) is 83.9 Å². The molecule has 0 spiro atoms. The second-order valence-corrected chi connectivity index (χ2v) is 8.57. The molecule has 8 nitrogen and oxygen atoms in total. The fourth-order valence-corrected chi connectivity index (χ4v) is 4.23. The molecule has 0 aliphatic rings. The summed E-state index contributed by atoms with van der Waals surface area (Å²) in [4.78, 5) is 30.2. The second kappa shape index (κ2) is 10.3. The number of halogens is 4.